The molecule has 0 saturated heterocycles. The van der Waals surface area contributed by atoms with Gasteiger partial charge in [-0.1, -0.05) is 45.0 Å². The number of nitrogens with zero attached hydrogens (tertiary/aromatic N) is 1. The fraction of sp³-hybridized carbons (Fsp3) is 0.474. The van der Waals surface area contributed by atoms with Gasteiger partial charge in [0.2, 0.25) is 5.91 Å². The summed E-state index contributed by atoms with van der Waals surface area (Å²) in [6.07, 6.45) is 2.23. The zero-order valence-corrected chi connectivity index (χ0v) is 16.8. The summed E-state index contributed by atoms with van der Waals surface area (Å²) in [5.41, 5.74) is 8.96. The third-order valence-electron chi connectivity index (χ3n) is 3.91. The Hall–Kier alpha value is -1.43. The zero-order chi connectivity index (χ0) is 17.5. The SMILES string of the molecule is CCc1ccc(-c2nc(CC(=O)NC(CN)CC(C)C)cs2)cc1.Cl. The molecule has 1 amide bonds. The molecule has 4 nitrogen and oxygen atoms in total. The van der Waals surface area contributed by atoms with Crippen LogP contribution in [-0.4, -0.2) is 23.5 Å². The maximum absolute atomic E-state index is 12.2. The van der Waals surface area contributed by atoms with E-state index in [1.165, 1.54) is 5.56 Å². The van der Waals surface area contributed by atoms with Gasteiger partial charge in [0.1, 0.15) is 5.01 Å². The minimum atomic E-state index is -0.00993. The molecule has 0 aliphatic carbocycles. The molecule has 0 fully saturated rings. The fourth-order valence-corrected chi connectivity index (χ4v) is 3.46. The molecule has 25 heavy (non-hydrogen) atoms. The molecule has 0 spiro atoms. The van der Waals surface area contributed by atoms with Crippen molar-refractivity contribution in [2.45, 2.75) is 46.1 Å². The molecule has 1 heterocycles. The van der Waals surface area contributed by atoms with Gasteiger partial charge in [0.05, 0.1) is 12.1 Å². The number of amides is 1. The molecule has 0 aliphatic heterocycles. The Morgan fingerprint density at radius 3 is 2.52 bits per heavy atom. The summed E-state index contributed by atoms with van der Waals surface area (Å²) in [6.45, 7) is 6.87. The summed E-state index contributed by atoms with van der Waals surface area (Å²) in [5.74, 6) is 0.500. The van der Waals surface area contributed by atoms with Crippen LogP contribution < -0.4 is 11.1 Å². The van der Waals surface area contributed by atoms with Crippen molar-refractivity contribution in [3.05, 3.63) is 40.9 Å². The summed E-state index contributed by atoms with van der Waals surface area (Å²) in [6, 6.07) is 8.47. The Bertz CT molecular complexity index is 655. The number of benzene rings is 1. The second-order valence-electron chi connectivity index (χ2n) is 6.50. The molecule has 1 aromatic carbocycles. The normalized spacial score (nSPS) is 11.9. The van der Waals surface area contributed by atoms with Crippen molar-refractivity contribution in [3.63, 3.8) is 0 Å². The largest absolute Gasteiger partial charge is 0.352 e. The van der Waals surface area contributed by atoms with E-state index in [2.05, 4.69) is 55.3 Å². The highest BCUT2D eigenvalue weighted by Crippen LogP contribution is 2.24. The summed E-state index contributed by atoms with van der Waals surface area (Å²) < 4.78 is 0. The second-order valence-corrected chi connectivity index (χ2v) is 7.36. The van der Waals surface area contributed by atoms with E-state index in [1.807, 2.05) is 5.38 Å². The smallest absolute Gasteiger partial charge is 0.226 e. The minimum Gasteiger partial charge on any atom is -0.352 e. The van der Waals surface area contributed by atoms with Gasteiger partial charge in [-0.25, -0.2) is 4.98 Å². The van der Waals surface area contributed by atoms with Crippen molar-refractivity contribution in [3.8, 4) is 10.6 Å². The summed E-state index contributed by atoms with van der Waals surface area (Å²) >= 11 is 1.58. The number of carbonyl (C=O) groups is 1. The Morgan fingerprint density at radius 1 is 1.28 bits per heavy atom. The van der Waals surface area contributed by atoms with Gasteiger partial charge in [0.25, 0.3) is 0 Å². The molecule has 0 radical (unpaired) electrons. The van der Waals surface area contributed by atoms with Crippen LogP contribution >= 0.6 is 23.7 Å². The number of halogens is 1. The van der Waals surface area contributed by atoms with Crippen molar-refractivity contribution in [2.24, 2.45) is 11.7 Å². The van der Waals surface area contributed by atoms with E-state index in [9.17, 15) is 4.79 Å². The number of nitrogens with two attached hydrogens (primary N) is 1. The molecule has 2 rings (SSSR count). The lowest BCUT2D eigenvalue weighted by Gasteiger charge is -2.18. The Balaban J connectivity index is 0.00000312. The second kappa shape index (κ2) is 10.5. The van der Waals surface area contributed by atoms with Gasteiger partial charge in [-0.3, -0.25) is 4.79 Å². The van der Waals surface area contributed by atoms with Crippen LogP contribution in [-0.2, 0) is 17.6 Å². The van der Waals surface area contributed by atoms with Crippen LogP contribution in [0.25, 0.3) is 10.6 Å². The maximum Gasteiger partial charge on any atom is 0.226 e. The quantitative estimate of drug-likeness (QED) is 0.730. The number of aryl methyl sites for hydroxylation is 1. The van der Waals surface area contributed by atoms with Crippen LogP contribution in [0.5, 0.6) is 0 Å². The number of thiazole rings is 1. The first kappa shape index (κ1) is 21.6. The number of carbonyl (C=O) groups excluding carboxylic acids is 1. The number of nitrogens with one attached hydrogen (secondary N) is 1. The van der Waals surface area contributed by atoms with Crippen molar-refractivity contribution >= 4 is 29.7 Å². The van der Waals surface area contributed by atoms with Crippen molar-refractivity contribution < 1.29 is 4.79 Å². The Labute approximate surface area is 160 Å². The maximum atomic E-state index is 12.2. The summed E-state index contributed by atoms with van der Waals surface area (Å²) in [5, 5.41) is 5.93. The molecule has 138 valence electrons. The third kappa shape index (κ3) is 6.77. The zero-order valence-electron chi connectivity index (χ0n) is 15.1. The first-order chi connectivity index (χ1) is 11.5. The highest BCUT2D eigenvalue weighted by molar-refractivity contribution is 7.13. The summed E-state index contributed by atoms with van der Waals surface area (Å²) in [7, 11) is 0. The van der Waals surface area contributed by atoms with Crippen molar-refractivity contribution in [1.29, 1.82) is 0 Å². The van der Waals surface area contributed by atoms with E-state index in [4.69, 9.17) is 5.73 Å². The standard InChI is InChI=1S/C19H27N3OS.ClH/c1-4-14-5-7-15(8-6-14)19-22-17(12-24-19)10-18(23)21-16(11-20)9-13(2)3;/h5-8,12-13,16H,4,9-11,20H2,1-3H3,(H,21,23);1H. The lowest BCUT2D eigenvalue weighted by Crippen LogP contribution is -2.41. The number of hydrogen-bond acceptors (Lipinski definition) is 4. The van der Waals surface area contributed by atoms with E-state index in [-0.39, 0.29) is 24.4 Å². The Kier molecular flexibility index (Phi) is 9.11. The predicted octanol–water partition coefficient (Wildman–Crippen LogP) is 3.83. The van der Waals surface area contributed by atoms with E-state index < -0.39 is 0 Å². The number of aromatic nitrogens is 1. The number of rotatable bonds is 8. The van der Waals surface area contributed by atoms with Gasteiger partial charge < -0.3 is 11.1 Å². The highest BCUT2D eigenvalue weighted by atomic mass is 35.5. The van der Waals surface area contributed by atoms with Gasteiger partial charge in [-0.15, -0.1) is 23.7 Å². The van der Waals surface area contributed by atoms with Crippen LogP contribution in [0.15, 0.2) is 29.6 Å². The van der Waals surface area contributed by atoms with Crippen LogP contribution in [0.1, 0.15) is 38.4 Å². The molecule has 2 aromatic rings. The van der Waals surface area contributed by atoms with E-state index in [1.54, 1.807) is 11.3 Å². The fourth-order valence-electron chi connectivity index (χ4n) is 2.63. The first-order valence-corrected chi connectivity index (χ1v) is 9.42. The lowest BCUT2D eigenvalue weighted by molar-refractivity contribution is -0.121. The van der Waals surface area contributed by atoms with Gasteiger partial charge >= 0.3 is 0 Å². The monoisotopic (exact) mass is 381 g/mol. The summed E-state index contributed by atoms with van der Waals surface area (Å²) in [4.78, 5) is 16.8. The van der Waals surface area contributed by atoms with Crippen LogP contribution in [0.2, 0.25) is 0 Å². The molecular formula is C19H28ClN3OS. The average Bonchev–Trinajstić information content (AvgIpc) is 3.02. The number of hydrogen-bond donors (Lipinski definition) is 2. The minimum absolute atomic E-state index is 0. The van der Waals surface area contributed by atoms with Gasteiger partial charge in [0.15, 0.2) is 0 Å². The van der Waals surface area contributed by atoms with Gasteiger partial charge in [0, 0.05) is 23.5 Å². The lowest BCUT2D eigenvalue weighted by atomic mass is 10.0. The molecule has 6 heteroatoms. The van der Waals surface area contributed by atoms with E-state index in [0.717, 1.165) is 29.1 Å². The van der Waals surface area contributed by atoms with Crippen LogP contribution in [0, 0.1) is 5.92 Å². The molecule has 3 N–H and O–H groups in total. The first-order valence-electron chi connectivity index (χ1n) is 8.55. The Morgan fingerprint density at radius 2 is 1.96 bits per heavy atom. The molecule has 1 unspecified atom stereocenters. The molecule has 1 aromatic heterocycles. The van der Waals surface area contributed by atoms with Crippen molar-refractivity contribution in [1.82, 2.24) is 10.3 Å². The van der Waals surface area contributed by atoms with Gasteiger partial charge in [-0.2, -0.15) is 0 Å². The third-order valence-corrected chi connectivity index (χ3v) is 4.85. The van der Waals surface area contributed by atoms with Crippen LogP contribution in [0.4, 0.5) is 0 Å². The topological polar surface area (TPSA) is 68.0 Å². The van der Waals surface area contributed by atoms with Crippen LogP contribution in [0.3, 0.4) is 0 Å². The average molecular weight is 382 g/mol. The molecule has 0 aliphatic rings. The van der Waals surface area contributed by atoms with Crippen molar-refractivity contribution in [2.75, 3.05) is 6.54 Å². The molecule has 1 atom stereocenters. The highest BCUT2D eigenvalue weighted by Gasteiger charge is 2.14. The molecule has 0 bridgehead atoms. The van der Waals surface area contributed by atoms with Gasteiger partial charge in [-0.05, 0) is 24.3 Å². The predicted molar refractivity (Wildman–Crippen MR) is 108 cm³/mol. The molecule has 0 saturated carbocycles. The molecular weight excluding hydrogens is 354 g/mol. The van der Waals surface area contributed by atoms with E-state index in [0.29, 0.717) is 18.9 Å². The van der Waals surface area contributed by atoms with E-state index >= 15 is 0 Å².